The second-order valence-corrected chi connectivity index (χ2v) is 7.24. The van der Waals surface area contributed by atoms with Crippen LogP contribution in [-0.4, -0.2) is 33.5 Å². The Morgan fingerprint density at radius 1 is 1.56 bits per heavy atom. The number of carbonyl (C=O) groups excluding carboxylic acids is 1. The largest absolute Gasteiger partial charge is 0.469 e. The summed E-state index contributed by atoms with van der Waals surface area (Å²) in [6.45, 7) is 0. The summed E-state index contributed by atoms with van der Waals surface area (Å²) in [5.74, 6) is -1.63. The zero-order chi connectivity index (χ0) is 12.3. The summed E-state index contributed by atoms with van der Waals surface area (Å²) in [6, 6.07) is 3.26. The number of esters is 1. The van der Waals surface area contributed by atoms with Crippen LogP contribution in [0.4, 0.5) is 0 Å². The van der Waals surface area contributed by atoms with Gasteiger partial charge < -0.3 is 4.74 Å². The summed E-state index contributed by atoms with van der Waals surface area (Å²) in [6.07, 6.45) is 1.08. The highest BCUT2D eigenvalue weighted by molar-refractivity contribution is 7.90. The van der Waals surface area contributed by atoms with Crippen LogP contribution in [0.25, 0.3) is 0 Å². The minimum absolute atomic E-state index is 0.267. The Hall–Kier alpha value is -0.590. The maximum absolute atomic E-state index is 11.5. The standard InChI is InChI=1S/C9H11ClO4S2/c1-14-9(11)6(5-16(2,12)13)7-3-4-8(10)15-7/h3-4,6H,5H2,1-2H3. The smallest absolute Gasteiger partial charge is 0.315 e. The van der Waals surface area contributed by atoms with Gasteiger partial charge in [0.15, 0.2) is 0 Å². The van der Waals surface area contributed by atoms with Crippen molar-refractivity contribution in [3.8, 4) is 0 Å². The first-order chi connectivity index (χ1) is 7.33. The minimum Gasteiger partial charge on any atom is -0.469 e. The molecule has 0 saturated heterocycles. The SMILES string of the molecule is COC(=O)C(CS(C)(=O)=O)c1ccc(Cl)s1. The minimum atomic E-state index is -3.25. The molecule has 1 aromatic heterocycles. The summed E-state index contributed by atoms with van der Waals surface area (Å²) < 4.78 is 27.5. The first-order valence-corrected chi connectivity index (χ1v) is 7.60. The van der Waals surface area contributed by atoms with Gasteiger partial charge in [-0.15, -0.1) is 11.3 Å². The van der Waals surface area contributed by atoms with E-state index in [1.807, 2.05) is 0 Å². The third-order valence-corrected chi connectivity index (χ3v) is 4.18. The van der Waals surface area contributed by atoms with Gasteiger partial charge >= 0.3 is 5.97 Å². The molecule has 1 rings (SSSR count). The van der Waals surface area contributed by atoms with Crippen LogP contribution in [0.15, 0.2) is 12.1 Å². The number of sulfone groups is 1. The molecule has 0 aliphatic carbocycles. The maximum atomic E-state index is 11.5. The molecule has 0 spiro atoms. The van der Waals surface area contributed by atoms with Gasteiger partial charge in [-0.3, -0.25) is 4.79 Å². The molecule has 4 nitrogen and oxygen atoms in total. The molecule has 1 aromatic rings. The molecular weight excluding hydrogens is 272 g/mol. The Kier molecular flexibility index (Phi) is 4.35. The predicted molar refractivity (Wildman–Crippen MR) is 63.8 cm³/mol. The second kappa shape index (κ2) is 5.16. The number of carbonyl (C=O) groups is 1. The summed E-state index contributed by atoms with van der Waals surface area (Å²) in [7, 11) is -2.03. The molecule has 0 N–H and O–H groups in total. The third-order valence-electron chi connectivity index (χ3n) is 1.89. The zero-order valence-corrected chi connectivity index (χ0v) is 11.2. The van der Waals surface area contributed by atoms with Crippen LogP contribution >= 0.6 is 22.9 Å². The lowest BCUT2D eigenvalue weighted by atomic mass is 10.1. The van der Waals surface area contributed by atoms with E-state index in [0.717, 1.165) is 6.26 Å². The Morgan fingerprint density at radius 2 is 2.19 bits per heavy atom. The van der Waals surface area contributed by atoms with Gasteiger partial charge in [0.2, 0.25) is 0 Å². The highest BCUT2D eigenvalue weighted by Crippen LogP contribution is 2.29. The molecule has 16 heavy (non-hydrogen) atoms. The molecule has 7 heteroatoms. The summed E-state index contributed by atoms with van der Waals surface area (Å²) in [4.78, 5) is 12.1. The Balaban J connectivity index is 3.01. The molecule has 1 atom stereocenters. The van der Waals surface area contributed by atoms with Crippen molar-refractivity contribution >= 4 is 38.7 Å². The number of rotatable bonds is 4. The first-order valence-electron chi connectivity index (χ1n) is 4.34. The summed E-state index contributed by atoms with van der Waals surface area (Å²) in [5, 5.41) is 0. The van der Waals surface area contributed by atoms with E-state index in [1.165, 1.54) is 18.4 Å². The van der Waals surface area contributed by atoms with Crippen molar-refractivity contribution in [2.45, 2.75) is 5.92 Å². The van der Waals surface area contributed by atoms with E-state index in [2.05, 4.69) is 4.74 Å². The summed E-state index contributed by atoms with van der Waals surface area (Å²) >= 11 is 6.92. The monoisotopic (exact) mass is 282 g/mol. The van der Waals surface area contributed by atoms with Crippen molar-refractivity contribution in [2.24, 2.45) is 0 Å². The third kappa shape index (κ3) is 3.77. The molecule has 0 aromatic carbocycles. The van der Waals surface area contributed by atoms with Crippen molar-refractivity contribution in [2.75, 3.05) is 19.1 Å². The number of halogens is 1. The van der Waals surface area contributed by atoms with Crippen LogP contribution in [0, 0.1) is 0 Å². The van der Waals surface area contributed by atoms with E-state index in [4.69, 9.17) is 11.6 Å². The van der Waals surface area contributed by atoms with Crippen LogP contribution in [0.5, 0.6) is 0 Å². The molecule has 0 bridgehead atoms. The number of hydrogen-bond acceptors (Lipinski definition) is 5. The van der Waals surface area contributed by atoms with Gasteiger partial charge in [-0.05, 0) is 12.1 Å². The van der Waals surface area contributed by atoms with Crippen molar-refractivity contribution in [1.82, 2.24) is 0 Å². The van der Waals surface area contributed by atoms with Crippen LogP contribution in [0.2, 0.25) is 4.34 Å². The lowest BCUT2D eigenvalue weighted by molar-refractivity contribution is -0.141. The van der Waals surface area contributed by atoms with Gasteiger partial charge in [-0.2, -0.15) is 0 Å². The van der Waals surface area contributed by atoms with Crippen LogP contribution in [-0.2, 0) is 19.4 Å². The van der Waals surface area contributed by atoms with Gasteiger partial charge in [0.05, 0.1) is 17.2 Å². The molecule has 0 aliphatic heterocycles. The van der Waals surface area contributed by atoms with Gasteiger partial charge in [-0.25, -0.2) is 8.42 Å². The maximum Gasteiger partial charge on any atom is 0.315 e. The number of methoxy groups -OCH3 is 1. The molecule has 0 radical (unpaired) electrons. The van der Waals surface area contributed by atoms with Gasteiger partial charge in [0, 0.05) is 11.1 Å². The molecular formula is C9H11ClO4S2. The van der Waals surface area contributed by atoms with E-state index in [9.17, 15) is 13.2 Å². The van der Waals surface area contributed by atoms with Gasteiger partial charge in [-0.1, -0.05) is 11.6 Å². The average Bonchev–Trinajstić information content (AvgIpc) is 2.58. The van der Waals surface area contributed by atoms with E-state index in [-0.39, 0.29) is 5.75 Å². The topological polar surface area (TPSA) is 60.4 Å². The van der Waals surface area contributed by atoms with Crippen molar-refractivity contribution in [3.05, 3.63) is 21.3 Å². The average molecular weight is 283 g/mol. The number of ether oxygens (including phenoxy) is 1. The molecule has 1 unspecified atom stereocenters. The fourth-order valence-corrected chi connectivity index (χ4v) is 3.40. The molecule has 0 fully saturated rings. The Bertz CT molecular complexity index is 477. The Labute approximate surface area is 103 Å². The number of thiophene rings is 1. The van der Waals surface area contributed by atoms with Crippen LogP contribution < -0.4 is 0 Å². The van der Waals surface area contributed by atoms with Crippen molar-refractivity contribution in [3.63, 3.8) is 0 Å². The normalized spacial score (nSPS) is 13.4. The Morgan fingerprint density at radius 3 is 2.56 bits per heavy atom. The molecule has 0 aliphatic rings. The summed E-state index contributed by atoms with van der Waals surface area (Å²) in [5.41, 5.74) is 0. The number of hydrogen-bond donors (Lipinski definition) is 0. The quantitative estimate of drug-likeness (QED) is 0.789. The predicted octanol–water partition coefficient (Wildman–Crippen LogP) is 1.70. The molecule has 90 valence electrons. The van der Waals surface area contributed by atoms with E-state index in [1.54, 1.807) is 12.1 Å². The fourth-order valence-electron chi connectivity index (χ4n) is 1.23. The van der Waals surface area contributed by atoms with Gasteiger partial charge in [0.25, 0.3) is 0 Å². The first kappa shape index (κ1) is 13.5. The molecule has 0 saturated carbocycles. The van der Waals surface area contributed by atoms with E-state index >= 15 is 0 Å². The highest BCUT2D eigenvalue weighted by atomic mass is 35.5. The van der Waals surface area contributed by atoms with Crippen LogP contribution in [0.1, 0.15) is 10.8 Å². The lowest BCUT2D eigenvalue weighted by Gasteiger charge is -2.11. The lowest BCUT2D eigenvalue weighted by Crippen LogP contribution is -2.21. The highest BCUT2D eigenvalue weighted by Gasteiger charge is 2.27. The fraction of sp³-hybridized carbons (Fsp3) is 0.444. The van der Waals surface area contributed by atoms with E-state index < -0.39 is 21.7 Å². The van der Waals surface area contributed by atoms with E-state index in [0.29, 0.717) is 9.21 Å². The van der Waals surface area contributed by atoms with Crippen LogP contribution in [0.3, 0.4) is 0 Å². The van der Waals surface area contributed by atoms with Crippen molar-refractivity contribution in [1.29, 1.82) is 0 Å². The zero-order valence-electron chi connectivity index (χ0n) is 8.77. The van der Waals surface area contributed by atoms with Gasteiger partial charge in [0.1, 0.15) is 15.8 Å². The van der Waals surface area contributed by atoms with Crippen molar-refractivity contribution < 1.29 is 17.9 Å². The molecule has 0 amide bonds. The molecule has 1 heterocycles. The second-order valence-electron chi connectivity index (χ2n) is 3.31.